The molecule has 0 spiro atoms. The summed E-state index contributed by atoms with van der Waals surface area (Å²) in [5, 5.41) is 4.78. The smallest absolute Gasteiger partial charge is 0.485 e. The highest BCUT2D eigenvalue weighted by atomic mass is 32.2. The normalized spacial score (nSPS) is 17.9. The van der Waals surface area contributed by atoms with Crippen LogP contribution in [0.15, 0.2) is 6.33 Å². The lowest BCUT2D eigenvalue weighted by Crippen LogP contribution is -2.30. The molecule has 12 heteroatoms. The van der Waals surface area contributed by atoms with E-state index in [1.807, 2.05) is 22.6 Å². The average Bonchev–Trinajstić information content (AvgIpc) is 2.78. The van der Waals surface area contributed by atoms with Crippen molar-refractivity contribution in [3.8, 4) is 0 Å². The van der Waals surface area contributed by atoms with Crippen molar-refractivity contribution < 1.29 is 35.5 Å². The number of aromatic nitrogens is 3. The van der Waals surface area contributed by atoms with Gasteiger partial charge in [0, 0.05) is 12.0 Å². The number of hydrogen-bond donors (Lipinski definition) is 0. The van der Waals surface area contributed by atoms with Crippen LogP contribution in [0.1, 0.15) is 12.7 Å². The Morgan fingerprint density at radius 3 is 2.48 bits per heavy atom. The van der Waals surface area contributed by atoms with E-state index in [-0.39, 0.29) is 5.12 Å². The fraction of sp³-hybridized carbons (Fsp3) is 0.667. The molecule has 2 rings (SSSR count). The van der Waals surface area contributed by atoms with Crippen LogP contribution in [0.2, 0.25) is 0 Å². The van der Waals surface area contributed by atoms with Gasteiger partial charge in [0.05, 0.1) is 18.7 Å². The molecule has 0 saturated carbocycles. The summed E-state index contributed by atoms with van der Waals surface area (Å²) >= 11 is 1.42. The largest absolute Gasteiger partial charge is 0.741 e. The maximum Gasteiger partial charge on any atom is 0.485 e. The molecule has 21 heavy (non-hydrogen) atoms. The predicted molar refractivity (Wildman–Crippen MR) is 64.9 cm³/mol. The first-order chi connectivity index (χ1) is 9.41. The van der Waals surface area contributed by atoms with Crippen molar-refractivity contribution in [2.45, 2.75) is 30.6 Å². The number of halogens is 3. The number of aryl methyl sites for hydroxylation is 1. The molecule has 0 amide bonds. The molecule has 0 saturated heterocycles. The number of alkyl halides is 3. The minimum absolute atomic E-state index is 0.193. The van der Waals surface area contributed by atoms with E-state index in [1.165, 1.54) is 17.6 Å². The lowest BCUT2D eigenvalue weighted by molar-refractivity contribution is -0.679. The van der Waals surface area contributed by atoms with Gasteiger partial charge < -0.3 is 4.55 Å². The van der Waals surface area contributed by atoms with Crippen molar-refractivity contribution in [2.24, 2.45) is 7.05 Å². The van der Waals surface area contributed by atoms with Crippen molar-refractivity contribution >= 4 is 27.0 Å². The summed E-state index contributed by atoms with van der Waals surface area (Å²) in [5.74, 6) is 1.21. The second-order valence-electron chi connectivity index (χ2n) is 4.18. The quantitative estimate of drug-likeness (QED) is 0.402. The Morgan fingerprint density at radius 2 is 2.10 bits per heavy atom. The molecule has 0 aromatic carbocycles. The van der Waals surface area contributed by atoms with Gasteiger partial charge >= 0.3 is 5.51 Å². The molecule has 2 heterocycles. The van der Waals surface area contributed by atoms with Crippen molar-refractivity contribution in [3.63, 3.8) is 0 Å². The van der Waals surface area contributed by atoms with Crippen LogP contribution < -0.4 is 4.57 Å². The maximum absolute atomic E-state index is 10.9. The zero-order valence-corrected chi connectivity index (χ0v) is 12.6. The summed E-state index contributed by atoms with van der Waals surface area (Å²) in [6.45, 7) is 2.48. The fourth-order valence-corrected chi connectivity index (χ4v) is 2.55. The minimum atomic E-state index is -6.09. The molecule has 0 fully saturated rings. The molecule has 0 aliphatic carbocycles. The Hall–Kier alpha value is -1.14. The summed E-state index contributed by atoms with van der Waals surface area (Å²) in [5.41, 5.74) is -5.65. The monoisotopic (exact) mass is 347 g/mol. The number of hydrogen-bond acceptors (Lipinski definition) is 6. The molecule has 1 aliphatic rings. The van der Waals surface area contributed by atoms with E-state index < -0.39 is 15.6 Å². The molecule has 1 atom stereocenters. The molecule has 0 radical (unpaired) electrons. The van der Waals surface area contributed by atoms with E-state index in [0.29, 0.717) is 5.25 Å². The standard InChI is InChI=1S/C8H12N3OS.CHF3O3S/c1-6(12)13-7-3-8-10(2)5-9-11(8)4-7;2-1(3,4)8(5,6)7/h5,7H,3-4H2,1-2H3;(H,5,6,7)/q+1;/p-1. The second-order valence-corrected chi connectivity index (χ2v) is 7.02. The molecule has 1 aliphatic heterocycles. The first-order valence-electron chi connectivity index (χ1n) is 5.51. The first-order valence-corrected chi connectivity index (χ1v) is 7.80. The Labute approximate surface area is 122 Å². The minimum Gasteiger partial charge on any atom is -0.741 e. The molecule has 1 aromatic rings. The molecular weight excluding hydrogens is 335 g/mol. The van der Waals surface area contributed by atoms with Crippen LogP contribution in [0.25, 0.3) is 0 Å². The Bertz CT molecular complexity index is 627. The Morgan fingerprint density at radius 1 is 1.57 bits per heavy atom. The van der Waals surface area contributed by atoms with Crippen molar-refractivity contribution in [3.05, 3.63) is 12.2 Å². The van der Waals surface area contributed by atoms with Gasteiger partial charge in [0.1, 0.15) is 6.54 Å². The van der Waals surface area contributed by atoms with E-state index in [1.54, 1.807) is 6.92 Å². The average molecular weight is 347 g/mol. The number of carbonyl (C=O) groups is 1. The summed E-state index contributed by atoms with van der Waals surface area (Å²) in [6, 6.07) is 0. The molecule has 1 aromatic heterocycles. The molecule has 0 bridgehead atoms. The van der Waals surface area contributed by atoms with Gasteiger partial charge in [-0.05, 0) is 0 Å². The first kappa shape index (κ1) is 17.9. The summed E-state index contributed by atoms with van der Waals surface area (Å²) in [4.78, 5) is 10.9. The third-order valence-corrected chi connectivity index (χ3v) is 4.02. The van der Waals surface area contributed by atoms with Crippen LogP contribution in [0, 0.1) is 0 Å². The van der Waals surface area contributed by atoms with Crippen molar-refractivity contribution in [1.29, 1.82) is 0 Å². The molecule has 0 N–H and O–H groups in total. The SMILES string of the molecule is CC(=O)SC1Cc2n(nc[n+]2C)C1.O=S(=O)([O-])C(F)(F)F. The highest BCUT2D eigenvalue weighted by Gasteiger charge is 2.37. The Balaban J connectivity index is 0.000000240. The highest BCUT2D eigenvalue weighted by Crippen LogP contribution is 2.22. The lowest BCUT2D eigenvalue weighted by Gasteiger charge is -2.08. The maximum atomic E-state index is 10.9. The number of thioether (sulfide) groups is 1. The van der Waals surface area contributed by atoms with Crippen LogP contribution >= 0.6 is 11.8 Å². The van der Waals surface area contributed by atoms with Gasteiger partial charge in [0.25, 0.3) is 6.33 Å². The lowest BCUT2D eigenvalue weighted by atomic mass is 10.3. The zero-order chi connectivity index (χ0) is 16.4. The van der Waals surface area contributed by atoms with Gasteiger partial charge in [-0.15, -0.1) is 4.68 Å². The molecule has 7 nitrogen and oxygen atoms in total. The zero-order valence-electron chi connectivity index (χ0n) is 11.0. The van der Waals surface area contributed by atoms with Crippen LogP contribution in [-0.4, -0.2) is 38.6 Å². The van der Waals surface area contributed by atoms with Gasteiger partial charge in [-0.25, -0.2) is 13.0 Å². The summed E-state index contributed by atoms with van der Waals surface area (Å²) < 4.78 is 62.9. The van der Waals surface area contributed by atoms with Gasteiger partial charge in [-0.2, -0.15) is 13.2 Å². The third kappa shape index (κ3) is 4.97. The van der Waals surface area contributed by atoms with Crippen LogP contribution in [0.3, 0.4) is 0 Å². The van der Waals surface area contributed by atoms with Crippen LogP contribution in [0.4, 0.5) is 13.2 Å². The Kier molecular flexibility index (Phi) is 5.39. The van der Waals surface area contributed by atoms with Gasteiger partial charge in [0.2, 0.25) is 5.82 Å². The summed E-state index contributed by atoms with van der Waals surface area (Å²) in [6.07, 6.45) is 2.75. The molecular formula is C9H12F3N3O4S2. The predicted octanol–water partition coefficient (Wildman–Crippen LogP) is -0.0366. The topological polar surface area (TPSA) is 96.0 Å². The molecule has 1 unspecified atom stereocenters. The molecule has 120 valence electrons. The number of nitrogens with zero attached hydrogens (tertiary/aromatic N) is 3. The van der Waals surface area contributed by atoms with E-state index in [2.05, 4.69) is 5.10 Å². The van der Waals surface area contributed by atoms with E-state index in [0.717, 1.165) is 13.0 Å². The van der Waals surface area contributed by atoms with E-state index >= 15 is 0 Å². The fourth-order valence-electron chi connectivity index (χ4n) is 1.63. The van der Waals surface area contributed by atoms with Crippen LogP contribution in [0.5, 0.6) is 0 Å². The van der Waals surface area contributed by atoms with Crippen molar-refractivity contribution in [1.82, 2.24) is 9.78 Å². The van der Waals surface area contributed by atoms with Gasteiger partial charge in [-0.1, -0.05) is 11.8 Å². The second kappa shape index (κ2) is 6.32. The van der Waals surface area contributed by atoms with Gasteiger partial charge in [-0.3, -0.25) is 4.79 Å². The van der Waals surface area contributed by atoms with E-state index in [9.17, 15) is 18.0 Å². The number of rotatable bonds is 1. The van der Waals surface area contributed by atoms with E-state index in [4.69, 9.17) is 13.0 Å². The summed E-state index contributed by atoms with van der Waals surface area (Å²) in [7, 11) is -4.10. The highest BCUT2D eigenvalue weighted by molar-refractivity contribution is 8.14. The van der Waals surface area contributed by atoms with Crippen molar-refractivity contribution in [2.75, 3.05) is 0 Å². The van der Waals surface area contributed by atoms with Gasteiger partial charge in [0.15, 0.2) is 15.2 Å². The number of carbonyl (C=O) groups excluding carboxylic acids is 1. The number of fused-ring (bicyclic) bond motifs is 1. The van der Waals surface area contributed by atoms with Crippen LogP contribution in [-0.2, 0) is 34.9 Å². The third-order valence-electron chi connectivity index (χ3n) is 2.47.